The summed E-state index contributed by atoms with van der Waals surface area (Å²) in [7, 11) is 0. The van der Waals surface area contributed by atoms with Crippen molar-refractivity contribution >= 4 is 6.29 Å². The maximum atomic E-state index is 10.1. The maximum Gasteiger partial charge on any atom is 0.119 e. The predicted octanol–water partition coefficient (Wildman–Crippen LogP) is 4.89. The molecule has 0 aromatic heterocycles. The quantitative estimate of drug-likeness (QED) is 0.293. The number of hydrogen-bond acceptors (Lipinski definition) is 1. The fourth-order valence-electron chi connectivity index (χ4n) is 1.82. The highest BCUT2D eigenvalue weighted by molar-refractivity contribution is 5.48. The monoisotopic (exact) mass is 260 g/mol. The second-order valence-electron chi connectivity index (χ2n) is 4.89. The molecule has 0 amide bonds. The minimum Gasteiger partial charge on any atom is -0.303 e. The number of rotatable bonds is 11. The minimum atomic E-state index is 0.704. The van der Waals surface area contributed by atoms with E-state index in [9.17, 15) is 4.79 Å². The van der Waals surface area contributed by atoms with Crippen molar-refractivity contribution in [1.29, 1.82) is 0 Å². The Morgan fingerprint density at radius 1 is 0.737 bits per heavy atom. The zero-order chi connectivity index (χ0) is 14.0. The Morgan fingerprint density at radius 2 is 1.26 bits per heavy atom. The van der Waals surface area contributed by atoms with E-state index in [0.29, 0.717) is 6.42 Å². The van der Waals surface area contributed by atoms with Crippen molar-refractivity contribution in [3.05, 3.63) is 0 Å². The van der Waals surface area contributed by atoms with Crippen molar-refractivity contribution in [2.75, 3.05) is 0 Å². The van der Waals surface area contributed by atoms with E-state index in [1.54, 1.807) is 0 Å². The van der Waals surface area contributed by atoms with E-state index in [0.717, 1.165) is 38.4 Å². The molecule has 0 saturated carbocycles. The molecule has 0 aromatic rings. The van der Waals surface area contributed by atoms with Crippen LogP contribution in [-0.4, -0.2) is 6.29 Å². The molecule has 1 heteroatoms. The van der Waals surface area contributed by atoms with E-state index < -0.39 is 0 Å². The average Bonchev–Trinajstić information content (AvgIpc) is 2.43. The van der Waals surface area contributed by atoms with Crippen molar-refractivity contribution in [2.24, 2.45) is 0 Å². The van der Waals surface area contributed by atoms with E-state index in [-0.39, 0.29) is 0 Å². The smallest absolute Gasteiger partial charge is 0.119 e. The van der Waals surface area contributed by atoms with E-state index >= 15 is 0 Å². The summed E-state index contributed by atoms with van der Waals surface area (Å²) in [6, 6.07) is 0. The third-order valence-corrected chi connectivity index (χ3v) is 3.02. The zero-order valence-electron chi connectivity index (χ0n) is 12.5. The Bertz CT molecular complexity index is 308. The van der Waals surface area contributed by atoms with E-state index in [4.69, 9.17) is 0 Å². The maximum absolute atomic E-state index is 10.1. The van der Waals surface area contributed by atoms with Gasteiger partial charge in [0.1, 0.15) is 6.29 Å². The fourth-order valence-corrected chi connectivity index (χ4v) is 1.82. The van der Waals surface area contributed by atoms with E-state index in [1.807, 2.05) is 0 Å². The van der Waals surface area contributed by atoms with Gasteiger partial charge in [-0.05, 0) is 31.1 Å². The van der Waals surface area contributed by atoms with Gasteiger partial charge in [-0.15, -0.1) is 0 Å². The number of hydrogen-bond donors (Lipinski definition) is 0. The number of carbonyl (C=O) groups is 1. The van der Waals surface area contributed by atoms with Gasteiger partial charge < -0.3 is 4.79 Å². The Labute approximate surface area is 119 Å². The zero-order valence-corrected chi connectivity index (χ0v) is 12.5. The van der Waals surface area contributed by atoms with E-state index in [2.05, 4.69) is 30.6 Å². The first kappa shape index (κ1) is 17.8. The van der Waals surface area contributed by atoms with Crippen LogP contribution in [0.1, 0.15) is 84.0 Å². The van der Waals surface area contributed by atoms with Crippen LogP contribution in [0.5, 0.6) is 0 Å². The molecule has 0 rings (SSSR count). The first-order chi connectivity index (χ1) is 9.41. The fraction of sp³-hybridized carbons (Fsp3) is 0.722. The molecular weight excluding hydrogens is 232 g/mol. The molecule has 1 nitrogen and oxygen atoms in total. The third kappa shape index (κ3) is 16.8. The lowest BCUT2D eigenvalue weighted by Crippen LogP contribution is -1.79. The van der Waals surface area contributed by atoms with Gasteiger partial charge in [0.2, 0.25) is 0 Å². The van der Waals surface area contributed by atoms with Gasteiger partial charge in [0.15, 0.2) is 0 Å². The second-order valence-corrected chi connectivity index (χ2v) is 4.89. The highest BCUT2D eigenvalue weighted by atomic mass is 16.1. The second kappa shape index (κ2) is 16.8. The highest BCUT2D eigenvalue weighted by Gasteiger charge is 1.87. The summed E-state index contributed by atoms with van der Waals surface area (Å²) in [5, 5.41) is 0. The normalized spacial score (nSPS) is 9.11. The molecule has 0 fully saturated rings. The van der Waals surface area contributed by atoms with Crippen LogP contribution in [0, 0.1) is 23.7 Å². The summed E-state index contributed by atoms with van der Waals surface area (Å²) in [5.41, 5.74) is 0. The summed E-state index contributed by atoms with van der Waals surface area (Å²) in [6.07, 6.45) is 14.6. The van der Waals surface area contributed by atoms with Crippen LogP contribution in [0.4, 0.5) is 0 Å². The lowest BCUT2D eigenvalue weighted by atomic mass is 10.1. The van der Waals surface area contributed by atoms with Crippen LogP contribution in [0.2, 0.25) is 0 Å². The summed E-state index contributed by atoms with van der Waals surface area (Å²) >= 11 is 0. The van der Waals surface area contributed by atoms with Crippen molar-refractivity contribution in [2.45, 2.75) is 84.0 Å². The van der Waals surface area contributed by atoms with Crippen LogP contribution in [0.25, 0.3) is 0 Å². The molecule has 0 aromatic carbocycles. The molecule has 0 bridgehead atoms. The van der Waals surface area contributed by atoms with Gasteiger partial charge in [-0.3, -0.25) is 0 Å². The molecule has 0 aliphatic carbocycles. The molecule has 0 heterocycles. The van der Waals surface area contributed by atoms with Crippen LogP contribution >= 0.6 is 0 Å². The van der Waals surface area contributed by atoms with Gasteiger partial charge >= 0.3 is 0 Å². The van der Waals surface area contributed by atoms with Crippen molar-refractivity contribution in [3.8, 4) is 23.7 Å². The van der Waals surface area contributed by atoms with Gasteiger partial charge in [-0.2, -0.15) is 0 Å². The van der Waals surface area contributed by atoms with Gasteiger partial charge in [0.05, 0.1) is 0 Å². The highest BCUT2D eigenvalue weighted by Crippen LogP contribution is 2.04. The third-order valence-electron chi connectivity index (χ3n) is 3.02. The Morgan fingerprint density at radius 3 is 1.79 bits per heavy atom. The largest absolute Gasteiger partial charge is 0.303 e. The Balaban J connectivity index is 3.27. The molecule has 0 saturated heterocycles. The number of carbonyl (C=O) groups excluding carboxylic acids is 1. The Hall–Kier alpha value is -1.21. The van der Waals surface area contributed by atoms with Crippen LogP contribution in [-0.2, 0) is 4.79 Å². The van der Waals surface area contributed by atoms with Gasteiger partial charge in [-0.1, -0.05) is 57.3 Å². The Kier molecular flexibility index (Phi) is 15.7. The standard InChI is InChI=1S/C18H28O/c1-2-3-4-5-6-7-8-9-10-11-12-13-14-15-16-17-18-19/h18H,2-7,12-17H2,1H3. The first-order valence-corrected chi connectivity index (χ1v) is 7.81. The molecule has 0 aliphatic heterocycles. The molecule has 0 aliphatic rings. The molecular formula is C18H28O. The molecule has 0 atom stereocenters. The van der Waals surface area contributed by atoms with Crippen LogP contribution in [0.15, 0.2) is 0 Å². The van der Waals surface area contributed by atoms with Crippen molar-refractivity contribution < 1.29 is 4.79 Å². The van der Waals surface area contributed by atoms with Crippen molar-refractivity contribution in [1.82, 2.24) is 0 Å². The molecule has 106 valence electrons. The summed E-state index contributed by atoms with van der Waals surface area (Å²) in [5.74, 6) is 12.1. The van der Waals surface area contributed by atoms with E-state index in [1.165, 1.54) is 38.5 Å². The van der Waals surface area contributed by atoms with Gasteiger partial charge in [0, 0.05) is 19.3 Å². The summed E-state index contributed by atoms with van der Waals surface area (Å²) in [6.45, 7) is 2.23. The molecule has 0 radical (unpaired) electrons. The van der Waals surface area contributed by atoms with Crippen LogP contribution < -0.4 is 0 Å². The predicted molar refractivity (Wildman–Crippen MR) is 82.7 cm³/mol. The molecule has 0 spiro atoms. The number of unbranched alkanes of at least 4 members (excludes halogenated alkanes) is 10. The van der Waals surface area contributed by atoms with Crippen molar-refractivity contribution in [3.63, 3.8) is 0 Å². The topological polar surface area (TPSA) is 17.1 Å². The summed E-state index contributed by atoms with van der Waals surface area (Å²) in [4.78, 5) is 10.1. The average molecular weight is 260 g/mol. The molecule has 0 unspecified atom stereocenters. The van der Waals surface area contributed by atoms with Gasteiger partial charge in [0.25, 0.3) is 0 Å². The molecule has 19 heavy (non-hydrogen) atoms. The summed E-state index contributed by atoms with van der Waals surface area (Å²) < 4.78 is 0. The first-order valence-electron chi connectivity index (χ1n) is 7.81. The number of aldehydes is 1. The molecule has 0 N–H and O–H groups in total. The van der Waals surface area contributed by atoms with Crippen LogP contribution in [0.3, 0.4) is 0 Å². The lowest BCUT2D eigenvalue weighted by Gasteiger charge is -1.94. The SMILES string of the molecule is CCCCCCCC#CC#CCCCCCCC=O. The minimum absolute atomic E-state index is 0.704. The van der Waals surface area contributed by atoms with Gasteiger partial charge in [-0.25, -0.2) is 0 Å². The lowest BCUT2D eigenvalue weighted by molar-refractivity contribution is -0.107.